The molecule has 2 amide bonds. The first-order valence-electron chi connectivity index (χ1n) is 8.83. The number of halogens is 3. The fourth-order valence-electron chi connectivity index (χ4n) is 2.76. The van der Waals surface area contributed by atoms with Crippen molar-refractivity contribution in [2.75, 3.05) is 11.9 Å². The summed E-state index contributed by atoms with van der Waals surface area (Å²) in [6, 6.07) is 18.3. The van der Waals surface area contributed by atoms with E-state index in [1.807, 2.05) is 0 Å². The second kappa shape index (κ2) is 8.64. The molecular weight excluding hydrogens is 383 g/mol. The maximum Gasteiger partial charge on any atom is 0.432 e. The van der Waals surface area contributed by atoms with Crippen molar-refractivity contribution in [3.63, 3.8) is 0 Å². The van der Waals surface area contributed by atoms with Crippen molar-refractivity contribution in [3.05, 3.63) is 78.0 Å². The molecule has 0 spiro atoms. The lowest BCUT2D eigenvalue weighted by Crippen LogP contribution is -2.29. The molecule has 3 N–H and O–H groups in total. The molecule has 1 aromatic heterocycles. The van der Waals surface area contributed by atoms with Crippen LogP contribution < -0.4 is 10.6 Å². The molecule has 3 rings (SSSR count). The summed E-state index contributed by atoms with van der Waals surface area (Å²) in [5.74, 6) is -1.25. The summed E-state index contributed by atoms with van der Waals surface area (Å²) in [5, 5.41) is 5.01. The minimum atomic E-state index is -4.72. The van der Waals surface area contributed by atoms with Crippen LogP contribution in [0, 0.1) is 0 Å². The molecule has 0 unspecified atom stereocenters. The van der Waals surface area contributed by atoms with Gasteiger partial charge >= 0.3 is 6.18 Å². The highest BCUT2D eigenvalue weighted by atomic mass is 19.4. The van der Waals surface area contributed by atoms with Gasteiger partial charge in [0.1, 0.15) is 5.69 Å². The van der Waals surface area contributed by atoms with Crippen LogP contribution in [-0.2, 0) is 11.0 Å². The Bertz CT molecular complexity index is 983. The minimum absolute atomic E-state index is 0.0715. The van der Waals surface area contributed by atoms with E-state index in [1.54, 1.807) is 60.7 Å². The smallest absolute Gasteiger partial charge is 0.351 e. The van der Waals surface area contributed by atoms with Gasteiger partial charge in [-0.15, -0.1) is 0 Å². The highest BCUT2D eigenvalue weighted by Gasteiger charge is 2.37. The van der Waals surface area contributed by atoms with Crippen LogP contribution >= 0.6 is 0 Å². The van der Waals surface area contributed by atoms with E-state index in [0.29, 0.717) is 11.3 Å². The van der Waals surface area contributed by atoms with Gasteiger partial charge in [0.15, 0.2) is 0 Å². The zero-order valence-electron chi connectivity index (χ0n) is 15.2. The molecule has 0 radical (unpaired) electrons. The predicted octanol–water partition coefficient (Wildman–Crippen LogP) is 4.46. The standard InChI is InChI=1S/C21H18F3N3O2/c22-21(23,24)19-16(13-17(27-19)14-7-3-1-4-8-14)20(29)25-12-11-18(28)26-15-9-5-2-6-10-15/h1-10,13,27H,11-12H2,(H,25,29)(H,26,28). The zero-order chi connectivity index (χ0) is 20.9. The average molecular weight is 401 g/mol. The SMILES string of the molecule is O=C(CCNC(=O)c1cc(-c2ccccc2)[nH]c1C(F)(F)F)Nc1ccccc1. The summed E-state index contributed by atoms with van der Waals surface area (Å²) in [6.07, 6.45) is -4.79. The van der Waals surface area contributed by atoms with Crippen molar-refractivity contribution in [3.8, 4) is 11.3 Å². The largest absolute Gasteiger partial charge is 0.432 e. The summed E-state index contributed by atoms with van der Waals surface area (Å²) < 4.78 is 40.1. The Labute approximate surface area is 164 Å². The fraction of sp³-hybridized carbons (Fsp3) is 0.143. The number of hydrogen-bond acceptors (Lipinski definition) is 2. The molecule has 5 nitrogen and oxygen atoms in total. The Hall–Kier alpha value is -3.55. The lowest BCUT2D eigenvalue weighted by atomic mass is 10.1. The topological polar surface area (TPSA) is 74.0 Å². The van der Waals surface area contributed by atoms with Crippen LogP contribution in [0.2, 0.25) is 0 Å². The third-order valence-corrected chi connectivity index (χ3v) is 4.13. The molecule has 150 valence electrons. The molecule has 1 heterocycles. The number of hydrogen-bond donors (Lipinski definition) is 3. The summed E-state index contributed by atoms with van der Waals surface area (Å²) >= 11 is 0. The molecule has 0 fully saturated rings. The third kappa shape index (κ3) is 5.25. The van der Waals surface area contributed by atoms with Crippen LogP contribution in [0.1, 0.15) is 22.5 Å². The molecule has 0 aliphatic carbocycles. The predicted molar refractivity (Wildman–Crippen MR) is 103 cm³/mol. The van der Waals surface area contributed by atoms with Crippen molar-refractivity contribution in [1.82, 2.24) is 10.3 Å². The molecule has 0 bridgehead atoms. The lowest BCUT2D eigenvalue weighted by Gasteiger charge is -2.09. The van der Waals surface area contributed by atoms with Crippen LogP contribution in [0.15, 0.2) is 66.7 Å². The number of carbonyl (C=O) groups excluding carboxylic acids is 2. The monoisotopic (exact) mass is 401 g/mol. The number of alkyl halides is 3. The lowest BCUT2D eigenvalue weighted by molar-refractivity contribution is -0.141. The number of benzene rings is 2. The number of nitrogens with one attached hydrogen (secondary N) is 3. The third-order valence-electron chi connectivity index (χ3n) is 4.13. The fourth-order valence-corrected chi connectivity index (χ4v) is 2.76. The molecule has 3 aromatic rings. The second-order valence-electron chi connectivity index (χ2n) is 6.26. The average Bonchev–Trinajstić information content (AvgIpc) is 3.15. The van der Waals surface area contributed by atoms with Gasteiger partial charge in [0.2, 0.25) is 5.91 Å². The number of aromatic nitrogens is 1. The van der Waals surface area contributed by atoms with Crippen LogP contribution in [0.5, 0.6) is 0 Å². The van der Waals surface area contributed by atoms with Crippen molar-refractivity contribution in [2.24, 2.45) is 0 Å². The van der Waals surface area contributed by atoms with Gasteiger partial charge < -0.3 is 15.6 Å². The van der Waals surface area contributed by atoms with Crippen LogP contribution in [0.3, 0.4) is 0 Å². The quantitative estimate of drug-likeness (QED) is 0.571. The van der Waals surface area contributed by atoms with Gasteiger partial charge in [-0.3, -0.25) is 9.59 Å². The molecule has 0 aliphatic rings. The normalized spacial score (nSPS) is 11.1. The van der Waals surface area contributed by atoms with E-state index in [4.69, 9.17) is 0 Å². The second-order valence-corrected chi connectivity index (χ2v) is 6.26. The first-order chi connectivity index (χ1) is 13.8. The Kier molecular flexibility index (Phi) is 6.01. The molecule has 2 aromatic carbocycles. The van der Waals surface area contributed by atoms with Crippen molar-refractivity contribution in [2.45, 2.75) is 12.6 Å². The van der Waals surface area contributed by atoms with Gasteiger partial charge in [0.25, 0.3) is 5.91 Å². The van der Waals surface area contributed by atoms with Gasteiger partial charge in [-0.1, -0.05) is 48.5 Å². The van der Waals surface area contributed by atoms with E-state index in [1.165, 1.54) is 0 Å². The summed E-state index contributed by atoms with van der Waals surface area (Å²) in [5.41, 5.74) is -0.326. The highest BCUT2D eigenvalue weighted by Crippen LogP contribution is 2.34. The molecule has 0 atom stereocenters. The summed E-state index contributed by atoms with van der Waals surface area (Å²) in [7, 11) is 0. The van der Waals surface area contributed by atoms with Crippen LogP contribution in [0.4, 0.5) is 18.9 Å². The minimum Gasteiger partial charge on any atom is -0.351 e. The van der Waals surface area contributed by atoms with Crippen molar-refractivity contribution >= 4 is 17.5 Å². The molecule has 0 saturated carbocycles. The highest BCUT2D eigenvalue weighted by molar-refractivity contribution is 5.97. The number of carbonyl (C=O) groups is 2. The van der Waals surface area contributed by atoms with E-state index in [0.717, 1.165) is 6.07 Å². The van der Waals surface area contributed by atoms with Crippen LogP contribution in [0.25, 0.3) is 11.3 Å². The Morgan fingerprint density at radius 3 is 2.17 bits per heavy atom. The number of rotatable bonds is 6. The molecule has 8 heteroatoms. The van der Waals surface area contributed by atoms with Gasteiger partial charge in [-0.25, -0.2) is 0 Å². The van der Waals surface area contributed by atoms with E-state index in [-0.39, 0.29) is 24.6 Å². The number of anilines is 1. The molecule has 0 saturated heterocycles. The number of para-hydroxylation sites is 1. The van der Waals surface area contributed by atoms with Gasteiger partial charge in [0, 0.05) is 24.3 Å². The zero-order valence-corrected chi connectivity index (χ0v) is 15.2. The van der Waals surface area contributed by atoms with E-state index in [9.17, 15) is 22.8 Å². The van der Waals surface area contributed by atoms with Gasteiger partial charge in [-0.2, -0.15) is 13.2 Å². The Morgan fingerprint density at radius 2 is 1.55 bits per heavy atom. The Balaban J connectivity index is 1.67. The molecular formula is C21H18F3N3O2. The van der Waals surface area contributed by atoms with Crippen molar-refractivity contribution < 1.29 is 22.8 Å². The van der Waals surface area contributed by atoms with Gasteiger partial charge in [0.05, 0.1) is 5.56 Å². The Morgan fingerprint density at radius 1 is 0.931 bits per heavy atom. The van der Waals surface area contributed by atoms with Crippen LogP contribution in [-0.4, -0.2) is 23.3 Å². The number of amides is 2. The number of H-pyrrole nitrogens is 1. The maximum atomic E-state index is 13.4. The molecule has 29 heavy (non-hydrogen) atoms. The van der Waals surface area contributed by atoms with E-state index in [2.05, 4.69) is 15.6 Å². The first-order valence-corrected chi connectivity index (χ1v) is 8.83. The summed E-state index contributed by atoms with van der Waals surface area (Å²) in [4.78, 5) is 26.5. The van der Waals surface area contributed by atoms with Crippen molar-refractivity contribution in [1.29, 1.82) is 0 Å². The summed E-state index contributed by atoms with van der Waals surface area (Å²) in [6.45, 7) is -0.0966. The number of aromatic amines is 1. The van der Waals surface area contributed by atoms with E-state index < -0.39 is 23.3 Å². The van der Waals surface area contributed by atoms with Gasteiger partial charge in [-0.05, 0) is 23.8 Å². The maximum absolute atomic E-state index is 13.4. The van der Waals surface area contributed by atoms with E-state index >= 15 is 0 Å². The molecule has 0 aliphatic heterocycles. The first kappa shape index (κ1) is 20.2.